The lowest BCUT2D eigenvalue weighted by Gasteiger charge is -2.29. The van der Waals surface area contributed by atoms with Gasteiger partial charge in [0.15, 0.2) is 0 Å². The lowest BCUT2D eigenvalue weighted by Crippen LogP contribution is -2.38. The number of carbonyl (C=O) groups is 2. The molecule has 3 aromatic rings. The van der Waals surface area contributed by atoms with E-state index in [1.165, 1.54) is 22.5 Å². The SMILES string of the molecule is O=C(Nc1cnccc1SC1CCN(C(=O)O)CC1)c1csc(-c2c(F)cccc2F)n1. The summed E-state index contributed by atoms with van der Waals surface area (Å²) in [5.74, 6) is -2.00. The lowest BCUT2D eigenvalue weighted by molar-refractivity contribution is 0.102. The number of benzene rings is 1. The lowest BCUT2D eigenvalue weighted by atomic mass is 10.1. The largest absolute Gasteiger partial charge is 0.465 e. The van der Waals surface area contributed by atoms with Crippen molar-refractivity contribution in [3.63, 3.8) is 0 Å². The van der Waals surface area contributed by atoms with E-state index in [4.69, 9.17) is 5.11 Å². The van der Waals surface area contributed by atoms with E-state index in [1.54, 1.807) is 24.0 Å². The van der Waals surface area contributed by atoms with Gasteiger partial charge < -0.3 is 15.3 Å². The summed E-state index contributed by atoms with van der Waals surface area (Å²) in [6.45, 7) is 0.933. The Morgan fingerprint density at radius 2 is 1.91 bits per heavy atom. The average Bonchev–Trinajstić information content (AvgIpc) is 3.25. The smallest absolute Gasteiger partial charge is 0.407 e. The zero-order valence-corrected chi connectivity index (χ0v) is 18.3. The Labute approximate surface area is 190 Å². The van der Waals surface area contributed by atoms with Crippen molar-refractivity contribution in [2.24, 2.45) is 0 Å². The number of carboxylic acid groups (broad SMARTS) is 1. The summed E-state index contributed by atoms with van der Waals surface area (Å²) >= 11 is 2.54. The molecule has 166 valence electrons. The van der Waals surface area contributed by atoms with Crippen molar-refractivity contribution in [2.45, 2.75) is 23.0 Å². The number of amides is 2. The van der Waals surface area contributed by atoms with Gasteiger partial charge in [0.1, 0.15) is 22.3 Å². The maximum absolute atomic E-state index is 14.0. The fourth-order valence-corrected chi connectivity index (χ4v) is 5.33. The second-order valence-electron chi connectivity index (χ2n) is 7.05. The second-order valence-corrected chi connectivity index (χ2v) is 9.25. The molecule has 2 N–H and O–H groups in total. The number of likely N-dealkylation sites (tertiary alicyclic amines) is 1. The number of hydrogen-bond acceptors (Lipinski definition) is 6. The molecule has 1 aromatic carbocycles. The number of piperidine rings is 1. The van der Waals surface area contributed by atoms with Gasteiger partial charge in [0.25, 0.3) is 5.91 Å². The van der Waals surface area contributed by atoms with Crippen molar-refractivity contribution >= 4 is 40.8 Å². The molecule has 1 saturated heterocycles. The van der Waals surface area contributed by atoms with Crippen LogP contribution in [-0.2, 0) is 0 Å². The van der Waals surface area contributed by atoms with E-state index in [1.807, 2.05) is 0 Å². The highest BCUT2D eigenvalue weighted by molar-refractivity contribution is 8.00. The van der Waals surface area contributed by atoms with E-state index < -0.39 is 23.6 Å². The van der Waals surface area contributed by atoms with Crippen LogP contribution in [0, 0.1) is 11.6 Å². The van der Waals surface area contributed by atoms with Crippen LogP contribution in [0.4, 0.5) is 19.3 Å². The molecule has 7 nitrogen and oxygen atoms in total. The number of halogens is 2. The first-order valence-electron chi connectivity index (χ1n) is 9.72. The Balaban J connectivity index is 1.46. The maximum atomic E-state index is 14.0. The molecule has 3 heterocycles. The second kappa shape index (κ2) is 9.61. The molecule has 0 atom stereocenters. The van der Waals surface area contributed by atoms with E-state index in [-0.39, 0.29) is 21.5 Å². The number of aromatic nitrogens is 2. The minimum atomic E-state index is -0.914. The number of nitrogens with one attached hydrogen (secondary N) is 1. The van der Waals surface area contributed by atoms with E-state index in [9.17, 15) is 18.4 Å². The quantitative estimate of drug-likeness (QED) is 0.540. The highest BCUT2D eigenvalue weighted by Gasteiger charge is 2.24. The highest BCUT2D eigenvalue weighted by Crippen LogP contribution is 2.35. The molecule has 0 bridgehead atoms. The van der Waals surface area contributed by atoms with Crippen molar-refractivity contribution in [2.75, 3.05) is 18.4 Å². The zero-order chi connectivity index (χ0) is 22.7. The summed E-state index contributed by atoms with van der Waals surface area (Å²) in [5, 5.41) is 13.6. The van der Waals surface area contributed by atoms with Gasteiger partial charge in [-0.2, -0.15) is 0 Å². The van der Waals surface area contributed by atoms with E-state index in [0.717, 1.165) is 28.4 Å². The number of nitrogens with zero attached hydrogens (tertiary/aromatic N) is 3. The van der Waals surface area contributed by atoms with Crippen LogP contribution in [-0.4, -0.2) is 50.3 Å². The van der Waals surface area contributed by atoms with Crippen molar-refractivity contribution in [3.05, 3.63) is 59.4 Å². The van der Waals surface area contributed by atoms with Gasteiger partial charge in [0.2, 0.25) is 0 Å². The summed E-state index contributed by atoms with van der Waals surface area (Å²) in [4.78, 5) is 34.2. The Kier molecular flexibility index (Phi) is 6.66. The average molecular weight is 477 g/mol. The van der Waals surface area contributed by atoms with Crippen LogP contribution < -0.4 is 5.32 Å². The highest BCUT2D eigenvalue weighted by atomic mass is 32.2. The Bertz CT molecular complexity index is 1130. The number of thiazole rings is 1. The van der Waals surface area contributed by atoms with Crippen LogP contribution in [0.1, 0.15) is 23.3 Å². The van der Waals surface area contributed by atoms with E-state index in [0.29, 0.717) is 31.6 Å². The maximum Gasteiger partial charge on any atom is 0.407 e. The van der Waals surface area contributed by atoms with Crippen molar-refractivity contribution < 1.29 is 23.5 Å². The van der Waals surface area contributed by atoms with Gasteiger partial charge in [-0.1, -0.05) is 6.07 Å². The minimum Gasteiger partial charge on any atom is -0.465 e. The van der Waals surface area contributed by atoms with Gasteiger partial charge in [-0.05, 0) is 31.0 Å². The van der Waals surface area contributed by atoms with Crippen LogP contribution in [0.15, 0.2) is 46.9 Å². The Hall–Kier alpha value is -3.05. The number of pyridine rings is 1. The first-order valence-corrected chi connectivity index (χ1v) is 11.5. The molecule has 1 aliphatic rings. The first kappa shape index (κ1) is 22.2. The summed E-state index contributed by atoms with van der Waals surface area (Å²) in [6, 6.07) is 5.33. The van der Waals surface area contributed by atoms with Crippen molar-refractivity contribution in [1.82, 2.24) is 14.9 Å². The van der Waals surface area contributed by atoms with Crippen molar-refractivity contribution in [1.29, 1.82) is 0 Å². The molecule has 1 aliphatic heterocycles. The fourth-order valence-electron chi connectivity index (χ4n) is 3.30. The van der Waals surface area contributed by atoms with E-state index >= 15 is 0 Å². The molecule has 2 aromatic heterocycles. The molecule has 11 heteroatoms. The fraction of sp³-hybridized carbons (Fsp3) is 0.238. The monoisotopic (exact) mass is 476 g/mol. The summed E-state index contributed by atoms with van der Waals surface area (Å²) in [6.07, 6.45) is 3.64. The number of carbonyl (C=O) groups excluding carboxylic acids is 1. The zero-order valence-electron chi connectivity index (χ0n) is 16.6. The van der Waals surface area contributed by atoms with Gasteiger partial charge in [0, 0.05) is 34.8 Å². The molecular formula is C21H18F2N4O3S2. The summed E-state index contributed by atoms with van der Waals surface area (Å²) in [7, 11) is 0. The predicted octanol–water partition coefficient (Wildman–Crippen LogP) is 4.97. The van der Waals surface area contributed by atoms with Crippen LogP contribution >= 0.6 is 23.1 Å². The predicted molar refractivity (Wildman–Crippen MR) is 118 cm³/mol. The third kappa shape index (κ3) is 4.89. The third-order valence-electron chi connectivity index (χ3n) is 4.95. The molecule has 4 rings (SSSR count). The molecule has 0 radical (unpaired) electrons. The third-order valence-corrected chi connectivity index (χ3v) is 7.22. The molecule has 0 unspecified atom stereocenters. The standard InChI is InChI=1S/C21H18F2N4O3S2/c22-13-2-1-3-14(23)18(13)20-26-16(11-31-20)19(28)25-15-10-24-7-4-17(15)32-12-5-8-27(9-6-12)21(29)30/h1-4,7,10-12H,5-6,8-9H2,(H,25,28)(H,29,30). The van der Waals surface area contributed by atoms with Gasteiger partial charge in [-0.3, -0.25) is 9.78 Å². The summed E-state index contributed by atoms with van der Waals surface area (Å²) < 4.78 is 28.0. The number of hydrogen-bond donors (Lipinski definition) is 2. The van der Waals surface area contributed by atoms with Gasteiger partial charge >= 0.3 is 6.09 Å². The number of thioether (sulfide) groups is 1. The van der Waals surface area contributed by atoms with Crippen LogP contribution in [0.25, 0.3) is 10.6 Å². The first-order chi connectivity index (χ1) is 15.4. The normalized spacial score (nSPS) is 14.4. The number of anilines is 1. The van der Waals surface area contributed by atoms with Gasteiger partial charge in [-0.25, -0.2) is 18.6 Å². The molecule has 0 spiro atoms. The van der Waals surface area contributed by atoms with Gasteiger partial charge in [-0.15, -0.1) is 23.1 Å². The molecule has 2 amide bonds. The van der Waals surface area contributed by atoms with Crippen LogP contribution in [0.2, 0.25) is 0 Å². The molecule has 1 fully saturated rings. The molecule has 0 saturated carbocycles. The molecule has 32 heavy (non-hydrogen) atoms. The van der Waals surface area contributed by atoms with Crippen LogP contribution in [0.5, 0.6) is 0 Å². The molecule has 0 aliphatic carbocycles. The van der Waals surface area contributed by atoms with E-state index in [2.05, 4.69) is 15.3 Å². The Morgan fingerprint density at radius 1 is 1.19 bits per heavy atom. The number of rotatable bonds is 5. The van der Waals surface area contributed by atoms with Crippen molar-refractivity contribution in [3.8, 4) is 10.6 Å². The Morgan fingerprint density at radius 3 is 2.59 bits per heavy atom. The summed E-state index contributed by atoms with van der Waals surface area (Å²) in [5.41, 5.74) is 0.277. The van der Waals surface area contributed by atoms with Gasteiger partial charge in [0.05, 0.1) is 17.4 Å². The molecular weight excluding hydrogens is 458 g/mol. The van der Waals surface area contributed by atoms with Crippen LogP contribution in [0.3, 0.4) is 0 Å². The minimum absolute atomic E-state index is 0.0437. The topological polar surface area (TPSA) is 95.4 Å².